The van der Waals surface area contributed by atoms with Crippen molar-refractivity contribution in [2.45, 2.75) is 0 Å². The molecular formula is C96H63BN4. The quantitative estimate of drug-likeness (QED) is 0.0945. The number of para-hydroxylation sites is 2. The zero-order valence-corrected chi connectivity index (χ0v) is 55.2. The number of nitrogens with zero attached hydrogens (tertiary/aromatic N) is 4. The molecule has 101 heavy (non-hydrogen) atoms. The highest BCUT2D eigenvalue weighted by Gasteiger charge is 2.45. The fourth-order valence-corrected chi connectivity index (χ4v) is 16.6. The summed E-state index contributed by atoms with van der Waals surface area (Å²) in [5.74, 6) is 0. The second-order valence-corrected chi connectivity index (χ2v) is 26.7. The molecule has 2 aliphatic rings. The molecule has 20 rings (SSSR count). The van der Waals surface area contributed by atoms with E-state index >= 15 is 0 Å². The van der Waals surface area contributed by atoms with E-state index in [2.05, 4.69) is 402 Å². The first-order valence-electron chi connectivity index (χ1n) is 34.9. The highest BCUT2D eigenvalue weighted by molar-refractivity contribution is 7.00. The van der Waals surface area contributed by atoms with E-state index in [1.54, 1.807) is 0 Å². The molecule has 18 aromatic rings. The van der Waals surface area contributed by atoms with Gasteiger partial charge in [-0.25, -0.2) is 0 Å². The Morgan fingerprint density at radius 2 is 0.485 bits per heavy atom. The molecule has 0 saturated heterocycles. The smallest absolute Gasteiger partial charge is 0.252 e. The molecule has 0 radical (unpaired) electrons. The summed E-state index contributed by atoms with van der Waals surface area (Å²) in [5.41, 5.74) is 23.5. The molecule has 0 spiro atoms. The van der Waals surface area contributed by atoms with Crippen LogP contribution in [-0.4, -0.2) is 6.71 Å². The van der Waals surface area contributed by atoms with Gasteiger partial charge >= 0.3 is 0 Å². The molecule has 2 aliphatic heterocycles. The van der Waals surface area contributed by atoms with Crippen molar-refractivity contribution in [1.29, 1.82) is 0 Å². The van der Waals surface area contributed by atoms with E-state index in [9.17, 15) is 0 Å². The van der Waals surface area contributed by atoms with E-state index in [1.807, 2.05) is 0 Å². The van der Waals surface area contributed by atoms with Gasteiger partial charge < -0.3 is 19.6 Å². The molecule has 5 heteroatoms. The Labute approximate surface area is 587 Å². The highest BCUT2D eigenvalue weighted by atomic mass is 15.2. The monoisotopic (exact) mass is 1280 g/mol. The molecule has 2 heterocycles. The van der Waals surface area contributed by atoms with Gasteiger partial charge in [-0.15, -0.1) is 0 Å². The van der Waals surface area contributed by atoms with E-state index in [-0.39, 0.29) is 6.71 Å². The van der Waals surface area contributed by atoms with Gasteiger partial charge in [0.15, 0.2) is 0 Å². The Hall–Kier alpha value is -13.2. The molecule has 0 N–H and O–H groups in total. The topological polar surface area (TPSA) is 13.0 Å². The molecule has 0 fully saturated rings. The van der Waals surface area contributed by atoms with Crippen molar-refractivity contribution in [3.63, 3.8) is 0 Å². The van der Waals surface area contributed by atoms with Crippen LogP contribution in [0.25, 0.3) is 98.0 Å². The Balaban J connectivity index is 0.921. The van der Waals surface area contributed by atoms with Gasteiger partial charge in [0.2, 0.25) is 0 Å². The van der Waals surface area contributed by atoms with Crippen molar-refractivity contribution >= 4 is 156 Å². The zero-order valence-electron chi connectivity index (χ0n) is 55.2. The van der Waals surface area contributed by atoms with Crippen LogP contribution in [-0.2, 0) is 0 Å². The average Bonchev–Trinajstić information content (AvgIpc) is 0.692. The number of benzene rings is 18. The van der Waals surface area contributed by atoms with E-state index in [1.165, 1.54) is 103 Å². The minimum absolute atomic E-state index is 0.231. The lowest BCUT2D eigenvalue weighted by Crippen LogP contribution is -2.61. The van der Waals surface area contributed by atoms with Crippen molar-refractivity contribution in [3.8, 4) is 33.4 Å². The highest BCUT2D eigenvalue weighted by Crippen LogP contribution is 2.52. The minimum atomic E-state index is -0.231. The van der Waals surface area contributed by atoms with Gasteiger partial charge in [0.05, 0.1) is 5.69 Å². The lowest BCUT2D eigenvalue weighted by atomic mass is 9.33. The van der Waals surface area contributed by atoms with Crippen molar-refractivity contribution in [3.05, 3.63) is 382 Å². The van der Waals surface area contributed by atoms with Crippen molar-refractivity contribution in [1.82, 2.24) is 0 Å². The second-order valence-electron chi connectivity index (χ2n) is 26.7. The maximum atomic E-state index is 2.62. The Kier molecular flexibility index (Phi) is 13.7. The number of rotatable bonds is 11. The van der Waals surface area contributed by atoms with Crippen molar-refractivity contribution < 1.29 is 0 Å². The van der Waals surface area contributed by atoms with E-state index in [0.29, 0.717) is 0 Å². The molecular weight excluding hydrogens is 1220 g/mol. The first kappa shape index (κ1) is 58.0. The number of hydrogen-bond donors (Lipinski definition) is 0. The van der Waals surface area contributed by atoms with Crippen LogP contribution in [0.15, 0.2) is 382 Å². The first-order chi connectivity index (χ1) is 50.1. The third kappa shape index (κ3) is 9.61. The number of anilines is 12. The van der Waals surface area contributed by atoms with Gasteiger partial charge in [0.1, 0.15) is 0 Å². The minimum Gasteiger partial charge on any atom is -0.311 e. The normalized spacial score (nSPS) is 12.3. The van der Waals surface area contributed by atoms with Crippen LogP contribution >= 0.6 is 0 Å². The molecule has 0 unspecified atom stereocenters. The van der Waals surface area contributed by atoms with Crippen molar-refractivity contribution in [2.75, 3.05) is 19.6 Å². The number of hydrogen-bond acceptors (Lipinski definition) is 4. The van der Waals surface area contributed by atoms with E-state index in [4.69, 9.17) is 0 Å². The van der Waals surface area contributed by atoms with Crippen LogP contribution < -0.4 is 36.0 Å². The molecule has 0 amide bonds. The number of fused-ring (bicyclic) bond motifs is 16. The van der Waals surface area contributed by atoms with Crippen molar-refractivity contribution in [2.24, 2.45) is 0 Å². The van der Waals surface area contributed by atoms with Gasteiger partial charge in [-0.05, 0) is 218 Å². The maximum absolute atomic E-state index is 2.62. The lowest BCUT2D eigenvalue weighted by molar-refractivity contribution is 1.22. The summed E-state index contributed by atoms with van der Waals surface area (Å²) in [5, 5.41) is 14.8. The zero-order chi connectivity index (χ0) is 66.5. The van der Waals surface area contributed by atoms with Crippen LogP contribution in [0.4, 0.5) is 68.2 Å². The van der Waals surface area contributed by atoms with Crippen LogP contribution in [0.3, 0.4) is 0 Å². The molecule has 0 bridgehead atoms. The SMILES string of the molecule is c1ccc(-c2ccc(N(c3ccc(-c4ccccc4)cc3)c3cc4c5c(c3)N(c3ccc6c7ccccc7c7ccccc7c6c3)c3cc(N(c6ccccc6)c6ccccc6)ccc3B5c3cc(-c5ccccc5)ccc3N4c3ccc4c5ccccc5c5ccccc5c4c3)cc2)cc1. The van der Waals surface area contributed by atoms with Crippen LogP contribution in [0.5, 0.6) is 0 Å². The Bertz CT molecular complexity index is 6070. The fourth-order valence-electron chi connectivity index (χ4n) is 16.6. The molecule has 0 atom stereocenters. The summed E-state index contributed by atoms with van der Waals surface area (Å²) in [7, 11) is 0. The largest absolute Gasteiger partial charge is 0.311 e. The molecule has 4 nitrogen and oxygen atoms in total. The van der Waals surface area contributed by atoms with Crippen LogP contribution in [0.2, 0.25) is 0 Å². The summed E-state index contributed by atoms with van der Waals surface area (Å²) in [6.45, 7) is -0.231. The summed E-state index contributed by atoms with van der Waals surface area (Å²) < 4.78 is 0. The average molecular weight is 1280 g/mol. The molecule has 0 aliphatic carbocycles. The molecule has 470 valence electrons. The summed E-state index contributed by atoms with van der Waals surface area (Å²) in [6.07, 6.45) is 0. The van der Waals surface area contributed by atoms with Gasteiger partial charge in [0, 0.05) is 62.6 Å². The predicted molar refractivity (Wildman–Crippen MR) is 431 cm³/mol. The maximum Gasteiger partial charge on any atom is 0.252 e. The standard InChI is InChI=1S/C96H63BN4/c1-6-24-64(25-7-1)67-42-47-72(48-43-67)99(73-49-44-68(45-50-73)65-26-8-2-9-27-65)77-62-94-96-95(63-77)101(75-52-55-87-83-39-19-17-35-79(83)81-37-21-23-41-85(81)89(87)60-75)93-61-76(98(70-30-12-4-13-31-70)71-32-14-5-15-33-71)53-56-90(93)97(96)91-58-69(66-28-10-3-11-29-66)46-57-92(91)100(94)74-51-54-86-82-38-18-16-34-78(82)80-36-20-22-40-84(80)88(86)59-74/h1-63H. The third-order valence-corrected chi connectivity index (χ3v) is 21.1. The van der Waals surface area contributed by atoms with E-state index in [0.717, 1.165) is 79.4 Å². The van der Waals surface area contributed by atoms with Gasteiger partial charge in [-0.2, -0.15) is 0 Å². The van der Waals surface area contributed by atoms with E-state index < -0.39 is 0 Å². The van der Waals surface area contributed by atoms with Crippen LogP contribution in [0, 0.1) is 0 Å². The Morgan fingerprint density at radius 3 is 0.911 bits per heavy atom. The summed E-state index contributed by atoms with van der Waals surface area (Å²) in [4.78, 5) is 10.1. The predicted octanol–water partition coefficient (Wildman–Crippen LogP) is 24.6. The summed E-state index contributed by atoms with van der Waals surface area (Å²) >= 11 is 0. The molecule has 0 saturated carbocycles. The Morgan fingerprint density at radius 1 is 0.178 bits per heavy atom. The third-order valence-electron chi connectivity index (χ3n) is 21.1. The molecule has 18 aromatic carbocycles. The summed E-state index contributed by atoms with van der Waals surface area (Å²) in [6, 6.07) is 142. The van der Waals surface area contributed by atoms with Gasteiger partial charge in [-0.3, -0.25) is 0 Å². The second kappa shape index (κ2) is 23.8. The van der Waals surface area contributed by atoms with Gasteiger partial charge in [-0.1, -0.05) is 279 Å². The first-order valence-corrected chi connectivity index (χ1v) is 34.9. The lowest BCUT2D eigenvalue weighted by Gasteiger charge is -2.45. The van der Waals surface area contributed by atoms with Gasteiger partial charge in [0.25, 0.3) is 6.71 Å². The molecule has 0 aromatic heterocycles. The fraction of sp³-hybridized carbons (Fsp3) is 0. The van der Waals surface area contributed by atoms with Crippen LogP contribution in [0.1, 0.15) is 0 Å².